The Morgan fingerprint density at radius 2 is 2.38 bits per heavy atom. The van der Waals surface area contributed by atoms with Crippen LogP contribution in [-0.2, 0) is 11.3 Å². The summed E-state index contributed by atoms with van der Waals surface area (Å²) >= 11 is 1.80. The molecule has 4 rings (SSSR count). The molecule has 0 aliphatic carbocycles. The summed E-state index contributed by atoms with van der Waals surface area (Å²) in [6.07, 6.45) is 4.30. The van der Waals surface area contributed by atoms with Crippen molar-refractivity contribution < 1.29 is 13.9 Å². The summed E-state index contributed by atoms with van der Waals surface area (Å²) in [5.41, 5.74) is -0.114. The van der Waals surface area contributed by atoms with E-state index in [0.717, 1.165) is 38.9 Å². The molecule has 1 N–H and O–H groups in total. The standard InChI is InChI=1S/C18H22N2O3S/c21-17(16-4-1-8-22-16)19-14-5-9-23-18(11-14)6-7-20(13-18)12-15-3-2-10-24-15/h1-4,8,10,14H,5-7,9,11-13H2,(H,19,21)/t14-,18-/m0/s1. The molecule has 1 spiro atoms. The summed E-state index contributed by atoms with van der Waals surface area (Å²) in [5, 5.41) is 5.23. The van der Waals surface area contributed by atoms with Crippen LogP contribution in [0.25, 0.3) is 0 Å². The fourth-order valence-electron chi connectivity index (χ4n) is 3.79. The van der Waals surface area contributed by atoms with Crippen LogP contribution in [-0.4, -0.2) is 42.1 Å². The van der Waals surface area contributed by atoms with Crippen molar-refractivity contribution in [3.8, 4) is 0 Å². The van der Waals surface area contributed by atoms with Gasteiger partial charge in [0.25, 0.3) is 5.91 Å². The highest BCUT2D eigenvalue weighted by Gasteiger charge is 2.43. The minimum Gasteiger partial charge on any atom is -0.459 e. The number of amides is 1. The molecule has 2 saturated heterocycles. The van der Waals surface area contributed by atoms with Crippen LogP contribution in [0.4, 0.5) is 0 Å². The number of thiophene rings is 1. The van der Waals surface area contributed by atoms with Gasteiger partial charge in [-0.1, -0.05) is 6.07 Å². The van der Waals surface area contributed by atoms with E-state index < -0.39 is 0 Å². The van der Waals surface area contributed by atoms with Crippen LogP contribution in [0.2, 0.25) is 0 Å². The monoisotopic (exact) mass is 346 g/mol. The van der Waals surface area contributed by atoms with Crippen molar-refractivity contribution in [3.05, 3.63) is 46.5 Å². The lowest BCUT2D eigenvalue weighted by molar-refractivity contribution is -0.0793. The fraction of sp³-hybridized carbons (Fsp3) is 0.500. The first kappa shape index (κ1) is 15.9. The Morgan fingerprint density at radius 1 is 1.42 bits per heavy atom. The lowest BCUT2D eigenvalue weighted by Crippen LogP contribution is -2.49. The first-order valence-corrected chi connectivity index (χ1v) is 9.33. The second kappa shape index (κ2) is 6.70. The second-order valence-corrected chi connectivity index (χ2v) is 7.74. The van der Waals surface area contributed by atoms with Gasteiger partial charge in [-0.25, -0.2) is 0 Å². The predicted octanol–water partition coefficient (Wildman–Crippen LogP) is 2.89. The molecule has 2 aliphatic rings. The summed E-state index contributed by atoms with van der Waals surface area (Å²) in [6, 6.07) is 7.87. The summed E-state index contributed by atoms with van der Waals surface area (Å²) in [4.78, 5) is 16.1. The molecule has 1 amide bonds. The van der Waals surface area contributed by atoms with E-state index >= 15 is 0 Å². The smallest absolute Gasteiger partial charge is 0.287 e. The van der Waals surface area contributed by atoms with Gasteiger partial charge in [-0.3, -0.25) is 9.69 Å². The topological polar surface area (TPSA) is 54.7 Å². The molecule has 2 aromatic heterocycles. The number of rotatable bonds is 4. The van der Waals surface area contributed by atoms with E-state index in [1.807, 2.05) is 0 Å². The summed E-state index contributed by atoms with van der Waals surface area (Å²) in [6.45, 7) is 3.69. The van der Waals surface area contributed by atoms with Crippen molar-refractivity contribution in [2.24, 2.45) is 0 Å². The first-order chi connectivity index (χ1) is 11.7. The van der Waals surface area contributed by atoms with Crippen LogP contribution >= 0.6 is 11.3 Å². The van der Waals surface area contributed by atoms with Gasteiger partial charge in [0, 0.05) is 37.2 Å². The molecule has 128 valence electrons. The van der Waals surface area contributed by atoms with E-state index in [9.17, 15) is 4.79 Å². The Labute approximate surface area is 145 Å². The van der Waals surface area contributed by atoms with Gasteiger partial charge in [-0.15, -0.1) is 11.3 Å². The van der Waals surface area contributed by atoms with Crippen LogP contribution in [0.1, 0.15) is 34.7 Å². The van der Waals surface area contributed by atoms with Crippen molar-refractivity contribution >= 4 is 17.2 Å². The Balaban J connectivity index is 1.35. The quantitative estimate of drug-likeness (QED) is 0.925. The van der Waals surface area contributed by atoms with E-state index in [-0.39, 0.29) is 17.6 Å². The van der Waals surface area contributed by atoms with Gasteiger partial charge >= 0.3 is 0 Å². The van der Waals surface area contributed by atoms with Crippen molar-refractivity contribution in [3.63, 3.8) is 0 Å². The average molecular weight is 346 g/mol. The second-order valence-electron chi connectivity index (χ2n) is 6.71. The van der Waals surface area contributed by atoms with Crippen LogP contribution in [0.15, 0.2) is 40.3 Å². The number of nitrogens with zero attached hydrogens (tertiary/aromatic N) is 1. The number of likely N-dealkylation sites (tertiary alicyclic amines) is 1. The normalized spacial score (nSPS) is 27.6. The van der Waals surface area contributed by atoms with Gasteiger partial charge in [0.15, 0.2) is 5.76 Å². The molecule has 0 unspecified atom stereocenters. The van der Waals surface area contributed by atoms with Gasteiger partial charge in [0.2, 0.25) is 0 Å². The molecule has 0 bridgehead atoms. The molecule has 6 heteroatoms. The van der Waals surface area contributed by atoms with Crippen molar-refractivity contribution in [1.29, 1.82) is 0 Å². The summed E-state index contributed by atoms with van der Waals surface area (Å²) in [7, 11) is 0. The highest BCUT2D eigenvalue weighted by molar-refractivity contribution is 7.09. The fourth-order valence-corrected chi connectivity index (χ4v) is 4.53. The number of nitrogens with one attached hydrogen (secondary N) is 1. The number of carbonyl (C=O) groups is 1. The number of hydrogen-bond donors (Lipinski definition) is 1. The Morgan fingerprint density at radius 3 is 3.17 bits per heavy atom. The molecule has 0 aromatic carbocycles. The van der Waals surface area contributed by atoms with E-state index in [1.54, 1.807) is 23.5 Å². The molecule has 2 atom stereocenters. The van der Waals surface area contributed by atoms with E-state index in [1.165, 1.54) is 11.1 Å². The van der Waals surface area contributed by atoms with E-state index in [4.69, 9.17) is 9.15 Å². The maximum absolute atomic E-state index is 12.2. The molecule has 2 aromatic rings. The maximum Gasteiger partial charge on any atom is 0.287 e. The van der Waals surface area contributed by atoms with E-state index in [2.05, 4.69) is 27.7 Å². The Kier molecular flexibility index (Phi) is 4.43. The average Bonchev–Trinajstić information content (AvgIpc) is 3.31. The van der Waals surface area contributed by atoms with Crippen molar-refractivity contribution in [2.75, 3.05) is 19.7 Å². The molecule has 24 heavy (non-hydrogen) atoms. The minimum absolute atomic E-state index is 0.114. The van der Waals surface area contributed by atoms with Gasteiger partial charge < -0.3 is 14.5 Å². The number of carbonyl (C=O) groups excluding carboxylic acids is 1. The third-order valence-electron chi connectivity index (χ3n) is 4.93. The zero-order valence-electron chi connectivity index (χ0n) is 13.6. The lowest BCUT2D eigenvalue weighted by Gasteiger charge is -2.38. The SMILES string of the molecule is O=C(N[C@H]1CCO[C@@]2(CCN(Cc3cccs3)C2)C1)c1ccco1. The number of hydrogen-bond acceptors (Lipinski definition) is 5. The van der Waals surface area contributed by atoms with Crippen molar-refractivity contribution in [2.45, 2.75) is 37.5 Å². The molecule has 2 fully saturated rings. The maximum atomic E-state index is 12.2. The number of furan rings is 1. The first-order valence-electron chi connectivity index (χ1n) is 8.46. The largest absolute Gasteiger partial charge is 0.459 e. The summed E-state index contributed by atoms with van der Waals surface area (Å²) < 4.78 is 11.3. The lowest BCUT2D eigenvalue weighted by atomic mass is 9.89. The molecule has 4 heterocycles. The zero-order chi connectivity index (χ0) is 16.4. The van der Waals surface area contributed by atoms with Gasteiger partial charge in [0.05, 0.1) is 11.9 Å². The van der Waals surface area contributed by atoms with Crippen LogP contribution < -0.4 is 5.32 Å². The third-order valence-corrected chi connectivity index (χ3v) is 5.79. The minimum atomic E-state index is -0.129. The van der Waals surface area contributed by atoms with E-state index in [0.29, 0.717) is 12.4 Å². The predicted molar refractivity (Wildman–Crippen MR) is 92.1 cm³/mol. The molecule has 0 saturated carbocycles. The molecule has 2 aliphatic heterocycles. The Bertz CT molecular complexity index is 671. The summed E-state index contributed by atoms with van der Waals surface area (Å²) in [5.74, 6) is 0.247. The molecular formula is C18H22N2O3S. The molecule has 5 nitrogen and oxygen atoms in total. The van der Waals surface area contributed by atoms with Crippen LogP contribution in [0.3, 0.4) is 0 Å². The van der Waals surface area contributed by atoms with Gasteiger partial charge in [-0.05, 0) is 42.8 Å². The van der Waals surface area contributed by atoms with Gasteiger partial charge in [0.1, 0.15) is 0 Å². The molecule has 0 radical (unpaired) electrons. The van der Waals surface area contributed by atoms with Crippen LogP contribution in [0, 0.1) is 0 Å². The molecular weight excluding hydrogens is 324 g/mol. The van der Waals surface area contributed by atoms with Crippen molar-refractivity contribution in [1.82, 2.24) is 10.2 Å². The zero-order valence-corrected chi connectivity index (χ0v) is 14.4. The highest BCUT2D eigenvalue weighted by Crippen LogP contribution is 2.35. The van der Waals surface area contributed by atoms with Crippen LogP contribution in [0.5, 0.6) is 0 Å². The third kappa shape index (κ3) is 3.41. The van der Waals surface area contributed by atoms with Gasteiger partial charge in [-0.2, -0.15) is 0 Å². The number of ether oxygens (including phenoxy) is 1. The highest BCUT2D eigenvalue weighted by atomic mass is 32.1. The Hall–Kier alpha value is -1.63.